The van der Waals surface area contributed by atoms with Crippen LogP contribution in [0.5, 0.6) is 0 Å². The van der Waals surface area contributed by atoms with Gasteiger partial charge in [-0.05, 0) is 83.5 Å². The molecule has 0 aromatic heterocycles. The molecule has 0 aliphatic carbocycles. The fourth-order valence-electron chi connectivity index (χ4n) is 6.64. The van der Waals surface area contributed by atoms with Crippen molar-refractivity contribution in [1.82, 2.24) is 5.32 Å². The standard InChI is InChI=1S/C52H92NO8P/c1-3-5-7-9-11-13-15-17-19-21-23-24-25-26-27-29-31-33-35-37-39-41-43-45-52(56)59-48-50(54)49-61-62(57,58)60-47-46-53-51(55)44-42-40-38-36-34-32-30-28-22-20-18-16-14-12-10-8-6-4-2/h5,7,11,13,17,19-20,22-24,26-27,50,54H,3-4,6,8-10,12,14-16,18,21,25,28-49H2,1-2H3,(H,53,55)(H,57,58)/b7-5-,13-11-,19-17-,22-20-,24-23-,27-26-. The zero-order valence-electron chi connectivity index (χ0n) is 39.5. The van der Waals surface area contributed by atoms with Crippen molar-refractivity contribution in [3.8, 4) is 0 Å². The zero-order valence-corrected chi connectivity index (χ0v) is 40.4. The monoisotopic (exact) mass is 890 g/mol. The normalized spacial score (nSPS) is 13.8. The third-order valence-corrected chi connectivity index (χ3v) is 11.4. The Hall–Kier alpha value is -2.55. The highest BCUT2D eigenvalue weighted by Crippen LogP contribution is 2.42. The van der Waals surface area contributed by atoms with Crippen molar-refractivity contribution in [3.05, 3.63) is 72.9 Å². The number of esters is 1. The average molecular weight is 890 g/mol. The summed E-state index contributed by atoms with van der Waals surface area (Å²) >= 11 is 0. The molecule has 0 aliphatic heterocycles. The van der Waals surface area contributed by atoms with E-state index in [0.29, 0.717) is 6.42 Å². The Bertz CT molecular complexity index is 1240. The van der Waals surface area contributed by atoms with Gasteiger partial charge in [0.25, 0.3) is 0 Å². The number of carbonyl (C=O) groups excluding carboxylic acids is 2. The Labute approximate surface area is 380 Å². The summed E-state index contributed by atoms with van der Waals surface area (Å²) in [4.78, 5) is 34.0. The van der Waals surface area contributed by atoms with Gasteiger partial charge in [0.1, 0.15) is 12.7 Å². The van der Waals surface area contributed by atoms with E-state index in [-0.39, 0.29) is 32.1 Å². The molecule has 0 aromatic rings. The third kappa shape index (κ3) is 48.5. The third-order valence-electron chi connectivity index (χ3n) is 10.4. The molecule has 0 fully saturated rings. The first kappa shape index (κ1) is 59.5. The predicted octanol–water partition coefficient (Wildman–Crippen LogP) is 14.6. The van der Waals surface area contributed by atoms with E-state index in [2.05, 4.69) is 92.1 Å². The average Bonchev–Trinajstić information content (AvgIpc) is 3.26. The summed E-state index contributed by atoms with van der Waals surface area (Å²) in [6.07, 6.45) is 59.7. The van der Waals surface area contributed by atoms with E-state index in [1.807, 2.05) is 0 Å². The molecule has 2 atom stereocenters. The molecule has 10 heteroatoms. The molecule has 2 unspecified atom stereocenters. The highest BCUT2D eigenvalue weighted by molar-refractivity contribution is 7.47. The number of aliphatic hydroxyl groups is 1. The van der Waals surface area contributed by atoms with Gasteiger partial charge < -0.3 is 20.1 Å². The van der Waals surface area contributed by atoms with Crippen molar-refractivity contribution in [2.45, 2.75) is 219 Å². The van der Waals surface area contributed by atoms with E-state index in [4.69, 9.17) is 13.8 Å². The fourth-order valence-corrected chi connectivity index (χ4v) is 7.39. The van der Waals surface area contributed by atoms with Gasteiger partial charge in [0.05, 0.1) is 13.2 Å². The minimum absolute atomic E-state index is 0.0756. The van der Waals surface area contributed by atoms with Crippen LogP contribution in [0.1, 0.15) is 213 Å². The molecule has 0 spiro atoms. The maximum absolute atomic E-state index is 12.1. The van der Waals surface area contributed by atoms with Crippen molar-refractivity contribution >= 4 is 19.7 Å². The van der Waals surface area contributed by atoms with Gasteiger partial charge >= 0.3 is 13.8 Å². The van der Waals surface area contributed by atoms with Gasteiger partial charge in [0.15, 0.2) is 0 Å². The van der Waals surface area contributed by atoms with Crippen LogP contribution in [-0.4, -0.2) is 54.3 Å². The van der Waals surface area contributed by atoms with Crippen LogP contribution in [0.15, 0.2) is 72.9 Å². The largest absolute Gasteiger partial charge is 0.472 e. The molecule has 0 aromatic carbocycles. The van der Waals surface area contributed by atoms with Crippen molar-refractivity contribution in [3.63, 3.8) is 0 Å². The van der Waals surface area contributed by atoms with E-state index < -0.39 is 26.5 Å². The highest BCUT2D eigenvalue weighted by atomic mass is 31.2. The number of allylic oxidation sites excluding steroid dienone is 12. The van der Waals surface area contributed by atoms with Gasteiger partial charge in [-0.1, -0.05) is 189 Å². The molecule has 0 saturated heterocycles. The number of hydrogen-bond donors (Lipinski definition) is 3. The Morgan fingerprint density at radius 3 is 1.40 bits per heavy atom. The smallest absolute Gasteiger partial charge is 0.463 e. The van der Waals surface area contributed by atoms with Crippen LogP contribution >= 0.6 is 7.82 Å². The van der Waals surface area contributed by atoms with Gasteiger partial charge in [-0.3, -0.25) is 18.6 Å². The number of unbranched alkanes of at least 4 members (excludes halogenated alkanes) is 21. The van der Waals surface area contributed by atoms with Crippen molar-refractivity contribution < 1.29 is 37.9 Å². The van der Waals surface area contributed by atoms with Crippen LogP contribution in [-0.2, 0) is 27.9 Å². The molecule has 1 amide bonds. The molecule has 358 valence electrons. The Morgan fingerprint density at radius 2 is 0.919 bits per heavy atom. The first-order valence-electron chi connectivity index (χ1n) is 24.9. The Balaban J connectivity index is 3.61. The summed E-state index contributed by atoms with van der Waals surface area (Å²) in [6, 6.07) is 0. The number of carbonyl (C=O) groups is 2. The summed E-state index contributed by atoms with van der Waals surface area (Å²) in [7, 11) is -4.43. The number of rotatable bonds is 46. The lowest BCUT2D eigenvalue weighted by atomic mass is 10.1. The van der Waals surface area contributed by atoms with Crippen molar-refractivity contribution in [2.75, 3.05) is 26.4 Å². The van der Waals surface area contributed by atoms with Crippen LogP contribution < -0.4 is 5.32 Å². The molecule has 0 aliphatic rings. The maximum Gasteiger partial charge on any atom is 0.472 e. The molecule has 0 saturated carbocycles. The highest BCUT2D eigenvalue weighted by Gasteiger charge is 2.23. The summed E-state index contributed by atoms with van der Waals surface area (Å²) in [6.45, 7) is 3.43. The van der Waals surface area contributed by atoms with Crippen molar-refractivity contribution in [1.29, 1.82) is 0 Å². The number of amides is 1. The van der Waals surface area contributed by atoms with Gasteiger partial charge in [0.2, 0.25) is 5.91 Å². The molecule has 9 nitrogen and oxygen atoms in total. The molecular weight excluding hydrogens is 798 g/mol. The number of ether oxygens (including phenoxy) is 1. The van der Waals surface area contributed by atoms with Crippen LogP contribution in [0.4, 0.5) is 0 Å². The van der Waals surface area contributed by atoms with Crippen LogP contribution in [0, 0.1) is 0 Å². The first-order chi connectivity index (χ1) is 30.3. The van der Waals surface area contributed by atoms with Gasteiger partial charge in [-0.15, -0.1) is 0 Å². The van der Waals surface area contributed by atoms with E-state index in [9.17, 15) is 24.2 Å². The van der Waals surface area contributed by atoms with E-state index in [1.165, 1.54) is 103 Å². The van der Waals surface area contributed by atoms with Gasteiger partial charge in [-0.25, -0.2) is 4.57 Å². The first-order valence-corrected chi connectivity index (χ1v) is 26.4. The predicted molar refractivity (Wildman–Crippen MR) is 261 cm³/mol. The fraction of sp³-hybridized carbons (Fsp3) is 0.731. The second kappa shape index (κ2) is 47.9. The number of phosphoric acid groups is 1. The lowest BCUT2D eigenvalue weighted by Crippen LogP contribution is -2.27. The van der Waals surface area contributed by atoms with E-state index >= 15 is 0 Å². The van der Waals surface area contributed by atoms with Gasteiger partial charge in [-0.2, -0.15) is 0 Å². The summed E-state index contributed by atoms with van der Waals surface area (Å²) in [5.74, 6) is -0.533. The summed E-state index contributed by atoms with van der Waals surface area (Å²) in [5.41, 5.74) is 0. The molecule has 0 rings (SSSR count). The minimum atomic E-state index is -4.43. The lowest BCUT2D eigenvalue weighted by Gasteiger charge is -2.15. The van der Waals surface area contributed by atoms with E-state index in [0.717, 1.165) is 83.5 Å². The SMILES string of the molecule is CC/C=C\C/C=C\C/C=C\C/C=C\C/C=C\CCCCCCCCCC(=O)OCC(O)COP(=O)(O)OCCNC(=O)CCCCCCCCC/C=C\CCCCCCCCC. The number of aliphatic hydroxyl groups excluding tert-OH is 1. The molecular formula is C52H92NO8P. The Morgan fingerprint density at radius 1 is 0.516 bits per heavy atom. The second-order valence-corrected chi connectivity index (χ2v) is 17.9. The van der Waals surface area contributed by atoms with Crippen LogP contribution in [0.25, 0.3) is 0 Å². The summed E-state index contributed by atoms with van der Waals surface area (Å²) in [5, 5.41) is 12.7. The number of hydrogen-bond acceptors (Lipinski definition) is 7. The summed E-state index contributed by atoms with van der Waals surface area (Å²) < 4.78 is 27.0. The number of nitrogens with one attached hydrogen (secondary N) is 1. The Kier molecular flexibility index (Phi) is 45.9. The van der Waals surface area contributed by atoms with Crippen LogP contribution in [0.2, 0.25) is 0 Å². The van der Waals surface area contributed by atoms with Crippen molar-refractivity contribution in [2.24, 2.45) is 0 Å². The van der Waals surface area contributed by atoms with Crippen LogP contribution in [0.3, 0.4) is 0 Å². The lowest BCUT2D eigenvalue weighted by molar-refractivity contribution is -0.147. The quantitative estimate of drug-likeness (QED) is 0.0238. The topological polar surface area (TPSA) is 131 Å². The molecule has 3 N–H and O–H groups in total. The molecule has 0 heterocycles. The molecule has 62 heavy (non-hydrogen) atoms. The zero-order chi connectivity index (χ0) is 45.3. The minimum Gasteiger partial charge on any atom is -0.463 e. The molecule has 0 radical (unpaired) electrons. The second-order valence-electron chi connectivity index (χ2n) is 16.4. The van der Waals surface area contributed by atoms with E-state index in [1.54, 1.807) is 0 Å². The van der Waals surface area contributed by atoms with Gasteiger partial charge in [0, 0.05) is 19.4 Å². The number of phosphoric ester groups is 1. The maximum atomic E-state index is 12.1. The molecule has 0 bridgehead atoms.